The van der Waals surface area contributed by atoms with Gasteiger partial charge in [0.1, 0.15) is 24.4 Å². The van der Waals surface area contributed by atoms with Crippen molar-refractivity contribution in [3.05, 3.63) is 47.5 Å². The largest absolute Gasteiger partial charge is 0.505 e. The molecule has 0 aliphatic carbocycles. The van der Waals surface area contributed by atoms with Gasteiger partial charge in [0.2, 0.25) is 12.8 Å². The van der Waals surface area contributed by atoms with Gasteiger partial charge in [0, 0.05) is 6.42 Å². The van der Waals surface area contributed by atoms with Crippen molar-refractivity contribution in [2.75, 3.05) is 10.6 Å². The summed E-state index contributed by atoms with van der Waals surface area (Å²) < 4.78 is 33.6. The van der Waals surface area contributed by atoms with Crippen LogP contribution in [-0.4, -0.2) is 119 Å². The van der Waals surface area contributed by atoms with E-state index in [2.05, 4.69) is 21.3 Å². The summed E-state index contributed by atoms with van der Waals surface area (Å²) in [5, 5.41) is 30.1. The number of benzene rings is 2. The Morgan fingerprint density at radius 3 is 1.36 bits per heavy atom. The van der Waals surface area contributed by atoms with Gasteiger partial charge in [0.15, 0.2) is 35.8 Å². The molecule has 6 N–H and O–H groups in total. The van der Waals surface area contributed by atoms with Crippen LogP contribution in [0.3, 0.4) is 0 Å². The van der Waals surface area contributed by atoms with Gasteiger partial charge in [-0.1, -0.05) is 79.4 Å². The van der Waals surface area contributed by atoms with Crippen LogP contribution in [0.25, 0.3) is 0 Å². The molecule has 4 amide bonds. The van der Waals surface area contributed by atoms with Gasteiger partial charge in [-0.25, -0.2) is 9.59 Å². The van der Waals surface area contributed by atoms with Gasteiger partial charge in [0.25, 0.3) is 11.8 Å². The average molecular weight is 1040 g/mol. The molecule has 2 aromatic rings. The second-order valence-electron chi connectivity index (χ2n) is 18.7. The third-order valence-electron chi connectivity index (χ3n) is 12.4. The number of hydrogen-bond donors (Lipinski definition) is 6. The summed E-state index contributed by atoms with van der Waals surface area (Å²) in [4.78, 5) is 125. The lowest BCUT2D eigenvalue weighted by atomic mass is 9.92. The van der Waals surface area contributed by atoms with Crippen LogP contribution in [0.2, 0.25) is 0 Å². The van der Waals surface area contributed by atoms with Crippen molar-refractivity contribution in [1.29, 1.82) is 0 Å². The zero-order valence-corrected chi connectivity index (χ0v) is 43.6. The standard InChI is InChI=1S/2C26H36N2O9/c1-6-7-9-18-23(37-20(30)12-14(2)3)16(5)36-26(34)21(15(4)35-25(18)33)28-24(32)17-10-8-11-19(22(17)31)27-13-29;1-6-8-10-18-22(37-24(32)14(3)7-2)16(5)36-26(34)20(15(4)35-25(18)33)28-23(31)17-11-9-12-19(21(17)30)27-13-29/h8,10-11,13-16,18,21,23,31H,6-7,9,12H2,1-5H3,(H,27,29)(H,28,32);9,11-16,18,20,22,30H,6-8,10H2,1-5H3,(H,27,29)(H,28,31)/t15-,16+,18-,21+,23+;14?,15-,16+,18-,20+,22+/m11/s1. The Bertz CT molecular complexity index is 2310. The summed E-state index contributed by atoms with van der Waals surface area (Å²) in [7, 11) is 0. The Hall–Kier alpha value is -7.26. The molecular formula is C52H72N4O18. The van der Waals surface area contributed by atoms with Gasteiger partial charge in [-0.15, -0.1) is 0 Å². The van der Waals surface area contributed by atoms with Crippen molar-refractivity contribution in [2.24, 2.45) is 23.7 Å². The number of unbranched alkanes of at least 4 members (excludes halogenated alkanes) is 2. The van der Waals surface area contributed by atoms with Crippen molar-refractivity contribution >= 4 is 71.8 Å². The smallest absolute Gasteiger partial charge is 0.332 e. The molecule has 2 saturated heterocycles. The van der Waals surface area contributed by atoms with E-state index in [1.165, 1.54) is 64.1 Å². The van der Waals surface area contributed by atoms with Gasteiger partial charge < -0.3 is 59.9 Å². The molecule has 4 rings (SSSR count). The zero-order valence-electron chi connectivity index (χ0n) is 43.6. The summed E-state index contributed by atoms with van der Waals surface area (Å²) in [5.41, 5.74) is -0.435. The fourth-order valence-corrected chi connectivity index (χ4v) is 7.95. The number of nitrogens with one attached hydrogen (secondary N) is 4. The Kier molecular flexibility index (Phi) is 24.3. The molecule has 11 atom stereocenters. The minimum Gasteiger partial charge on any atom is -0.505 e. The quantitative estimate of drug-likeness (QED) is 0.0418. The predicted octanol–water partition coefficient (Wildman–Crippen LogP) is 5.40. The van der Waals surface area contributed by atoms with E-state index in [-0.39, 0.29) is 34.8 Å². The number of esters is 6. The Balaban J connectivity index is 0.000000390. The average Bonchev–Trinajstić information content (AvgIpc) is 3.38. The molecule has 0 saturated carbocycles. The number of carbonyl (C=O) groups excluding carboxylic acids is 10. The molecule has 0 radical (unpaired) electrons. The molecule has 0 bridgehead atoms. The fourth-order valence-electron chi connectivity index (χ4n) is 7.95. The first-order chi connectivity index (χ1) is 35.0. The van der Waals surface area contributed by atoms with Crippen LogP contribution in [0.1, 0.15) is 141 Å². The molecule has 2 aliphatic rings. The van der Waals surface area contributed by atoms with Gasteiger partial charge in [-0.05, 0) is 77.1 Å². The first-order valence-electron chi connectivity index (χ1n) is 24.9. The van der Waals surface area contributed by atoms with Crippen molar-refractivity contribution in [3.8, 4) is 11.5 Å². The monoisotopic (exact) mass is 1040 g/mol. The molecule has 0 spiro atoms. The third kappa shape index (κ3) is 16.9. The number of aromatic hydroxyl groups is 2. The van der Waals surface area contributed by atoms with E-state index >= 15 is 0 Å². The highest BCUT2D eigenvalue weighted by Gasteiger charge is 2.46. The number of phenols is 2. The molecule has 2 aliphatic heterocycles. The Labute approximate surface area is 430 Å². The summed E-state index contributed by atoms with van der Waals surface area (Å²) in [5.74, 6) is -9.02. The van der Waals surface area contributed by atoms with Crippen LogP contribution >= 0.6 is 0 Å². The van der Waals surface area contributed by atoms with Crippen LogP contribution in [-0.2, 0) is 66.8 Å². The molecule has 1 unspecified atom stereocenters. The maximum atomic E-state index is 13.2. The summed E-state index contributed by atoms with van der Waals surface area (Å²) in [6, 6.07) is 5.40. The number of anilines is 2. The SMILES string of the molecule is CCCC[C@H]1C(=O)O[C@H](C)[C@H](NC(=O)c2cccc(NC=O)c2O)C(=O)O[C@@H](C)[C@@H]1OC(=O)C(C)CC.CCCC[C@H]1C(=O)O[C@H](C)[C@H](NC(=O)c2cccc(NC=O)c2O)C(=O)O[C@@H](C)[C@@H]1OC(=O)CC(C)C. The molecule has 408 valence electrons. The number of amides is 4. The summed E-state index contributed by atoms with van der Waals surface area (Å²) in [6.07, 6.45) is -1.51. The van der Waals surface area contributed by atoms with E-state index in [0.29, 0.717) is 44.9 Å². The fraction of sp³-hybridized carbons (Fsp3) is 0.577. The highest BCUT2D eigenvalue weighted by molar-refractivity contribution is 6.02. The molecule has 2 fully saturated rings. The molecule has 2 heterocycles. The number of carbonyl (C=O) groups is 10. The van der Waals surface area contributed by atoms with E-state index in [4.69, 9.17) is 28.4 Å². The Morgan fingerprint density at radius 2 is 1.00 bits per heavy atom. The molecular weight excluding hydrogens is 969 g/mol. The van der Waals surface area contributed by atoms with Crippen molar-refractivity contribution < 1.29 is 86.6 Å². The molecule has 0 aromatic heterocycles. The molecule has 2 aromatic carbocycles. The maximum Gasteiger partial charge on any atom is 0.332 e. The van der Waals surface area contributed by atoms with Crippen LogP contribution in [0.15, 0.2) is 36.4 Å². The van der Waals surface area contributed by atoms with E-state index in [9.17, 15) is 58.2 Å². The minimum atomic E-state index is -1.42. The van der Waals surface area contributed by atoms with Gasteiger partial charge >= 0.3 is 35.8 Å². The van der Waals surface area contributed by atoms with Crippen molar-refractivity contribution in [3.63, 3.8) is 0 Å². The lowest BCUT2D eigenvalue weighted by molar-refractivity contribution is -0.177. The first kappa shape index (κ1) is 61.0. The highest BCUT2D eigenvalue weighted by Crippen LogP contribution is 2.31. The van der Waals surface area contributed by atoms with E-state index in [1.54, 1.807) is 6.92 Å². The second-order valence-corrected chi connectivity index (χ2v) is 18.7. The number of hydrogen-bond acceptors (Lipinski definition) is 18. The highest BCUT2D eigenvalue weighted by atomic mass is 16.6. The maximum absolute atomic E-state index is 13.2. The van der Waals surface area contributed by atoms with Crippen LogP contribution < -0.4 is 21.3 Å². The lowest BCUT2D eigenvalue weighted by Crippen LogP contribution is -2.50. The Morgan fingerprint density at radius 1 is 0.608 bits per heavy atom. The number of ether oxygens (including phenoxy) is 6. The lowest BCUT2D eigenvalue weighted by Gasteiger charge is -2.30. The van der Waals surface area contributed by atoms with E-state index in [0.717, 1.165) is 12.8 Å². The predicted molar refractivity (Wildman–Crippen MR) is 265 cm³/mol. The van der Waals surface area contributed by atoms with Crippen molar-refractivity contribution in [2.45, 2.75) is 169 Å². The number of phenolic OH excluding ortho intramolecular Hbond substituents is 2. The van der Waals surface area contributed by atoms with Crippen LogP contribution in [0, 0.1) is 23.7 Å². The van der Waals surface area contributed by atoms with Gasteiger partial charge in [-0.3, -0.25) is 38.4 Å². The van der Waals surface area contributed by atoms with Crippen LogP contribution in [0.4, 0.5) is 11.4 Å². The summed E-state index contributed by atoms with van der Waals surface area (Å²) in [6.45, 7) is 17.1. The topological polar surface area (TPSA) is 315 Å². The zero-order chi connectivity index (χ0) is 55.4. The van der Waals surface area contributed by atoms with Gasteiger partial charge in [-0.2, -0.15) is 0 Å². The van der Waals surface area contributed by atoms with Crippen molar-refractivity contribution in [1.82, 2.24) is 10.6 Å². The van der Waals surface area contributed by atoms with Crippen LogP contribution in [0.5, 0.6) is 11.5 Å². The second kappa shape index (κ2) is 29.4. The number of cyclic esters (lactones) is 4. The number of rotatable bonds is 20. The molecule has 22 nitrogen and oxygen atoms in total. The number of para-hydroxylation sites is 2. The van der Waals surface area contributed by atoms with E-state index in [1.807, 2.05) is 34.6 Å². The third-order valence-corrected chi connectivity index (χ3v) is 12.4. The summed E-state index contributed by atoms with van der Waals surface area (Å²) >= 11 is 0. The van der Waals surface area contributed by atoms with E-state index < -0.39 is 126 Å². The first-order valence-corrected chi connectivity index (χ1v) is 24.9. The normalized spacial score (nSPS) is 24.5. The minimum absolute atomic E-state index is 0.00221. The van der Waals surface area contributed by atoms with Gasteiger partial charge in [0.05, 0.1) is 40.3 Å². The molecule has 74 heavy (non-hydrogen) atoms. The molecule has 22 heteroatoms.